The highest BCUT2D eigenvalue weighted by atomic mass is 16.4. The molecule has 0 aliphatic heterocycles. The number of rotatable bonds is 4. The van der Waals surface area contributed by atoms with Gasteiger partial charge in [0, 0.05) is 12.1 Å². The molecule has 4 nitrogen and oxygen atoms in total. The van der Waals surface area contributed by atoms with Gasteiger partial charge in [-0.15, -0.1) is 0 Å². The average Bonchev–Trinajstić information content (AvgIpc) is 1.83. The van der Waals surface area contributed by atoms with Crippen LogP contribution in [0.2, 0.25) is 0 Å². The van der Waals surface area contributed by atoms with E-state index in [-0.39, 0.29) is 18.7 Å². The van der Waals surface area contributed by atoms with Gasteiger partial charge in [-0.3, -0.25) is 9.69 Å². The summed E-state index contributed by atoms with van der Waals surface area (Å²) in [7, 11) is 0. The van der Waals surface area contributed by atoms with E-state index >= 15 is 0 Å². The number of aliphatic carboxylic acids is 1. The van der Waals surface area contributed by atoms with Gasteiger partial charge in [0.1, 0.15) is 0 Å². The van der Waals surface area contributed by atoms with E-state index in [1.807, 2.05) is 20.8 Å². The van der Waals surface area contributed by atoms with Crippen molar-refractivity contribution in [2.45, 2.75) is 26.3 Å². The van der Waals surface area contributed by atoms with Crippen LogP contribution in [0.25, 0.3) is 0 Å². The maximum Gasteiger partial charge on any atom is 0.317 e. The number of carbonyl (C=O) groups is 1. The Kier molecular flexibility index (Phi) is 4.20. The molecule has 0 aromatic heterocycles. The van der Waals surface area contributed by atoms with Crippen LogP contribution in [-0.2, 0) is 4.79 Å². The minimum Gasteiger partial charge on any atom is -0.480 e. The van der Waals surface area contributed by atoms with E-state index in [9.17, 15) is 4.79 Å². The summed E-state index contributed by atoms with van der Waals surface area (Å²) in [5.74, 6) is -0.863. The molecule has 0 amide bonds. The van der Waals surface area contributed by atoms with Crippen molar-refractivity contribution in [3.8, 4) is 0 Å². The fourth-order valence-electron chi connectivity index (χ4n) is 0.936. The number of hydrogen-bond acceptors (Lipinski definition) is 3. The van der Waals surface area contributed by atoms with Crippen molar-refractivity contribution in [2.24, 2.45) is 0 Å². The van der Waals surface area contributed by atoms with Crippen molar-refractivity contribution in [3.05, 3.63) is 0 Å². The van der Waals surface area contributed by atoms with Crippen molar-refractivity contribution >= 4 is 5.97 Å². The van der Waals surface area contributed by atoms with Gasteiger partial charge < -0.3 is 10.2 Å². The zero-order valence-electron chi connectivity index (χ0n) is 7.87. The van der Waals surface area contributed by atoms with Crippen LogP contribution in [0.4, 0.5) is 0 Å². The highest BCUT2D eigenvalue weighted by molar-refractivity contribution is 5.69. The summed E-state index contributed by atoms with van der Waals surface area (Å²) in [5.41, 5.74) is -0.207. The van der Waals surface area contributed by atoms with Gasteiger partial charge in [-0.05, 0) is 20.8 Å². The summed E-state index contributed by atoms with van der Waals surface area (Å²) in [4.78, 5) is 12.1. The Hall–Kier alpha value is -0.610. The third kappa shape index (κ3) is 4.31. The summed E-state index contributed by atoms with van der Waals surface area (Å²) < 4.78 is 0. The Balaban J connectivity index is 4.13. The molecule has 0 bridgehead atoms. The molecule has 0 aromatic rings. The van der Waals surface area contributed by atoms with Crippen LogP contribution in [0.15, 0.2) is 0 Å². The third-order valence-corrected chi connectivity index (χ3v) is 1.64. The highest BCUT2D eigenvalue weighted by Crippen LogP contribution is 2.11. The molecule has 0 atom stereocenters. The van der Waals surface area contributed by atoms with Crippen molar-refractivity contribution in [1.82, 2.24) is 4.90 Å². The molecule has 0 spiro atoms. The molecular formula is C8H17NO3. The molecule has 0 saturated carbocycles. The lowest BCUT2D eigenvalue weighted by atomic mass is 10.1. The Labute approximate surface area is 72.8 Å². The number of carboxylic acid groups (broad SMARTS) is 1. The molecule has 0 unspecified atom stereocenters. The molecule has 72 valence electrons. The second-order valence-corrected chi connectivity index (χ2v) is 3.71. The fourth-order valence-corrected chi connectivity index (χ4v) is 0.936. The van der Waals surface area contributed by atoms with Crippen molar-refractivity contribution in [1.29, 1.82) is 0 Å². The van der Waals surface area contributed by atoms with Gasteiger partial charge in [0.2, 0.25) is 0 Å². The molecule has 12 heavy (non-hydrogen) atoms. The smallest absolute Gasteiger partial charge is 0.317 e. The third-order valence-electron chi connectivity index (χ3n) is 1.64. The van der Waals surface area contributed by atoms with Crippen molar-refractivity contribution < 1.29 is 15.0 Å². The van der Waals surface area contributed by atoms with Crippen LogP contribution in [0.5, 0.6) is 0 Å². The van der Waals surface area contributed by atoms with Crippen LogP contribution < -0.4 is 0 Å². The van der Waals surface area contributed by atoms with Gasteiger partial charge in [0.25, 0.3) is 0 Å². The molecule has 0 aliphatic carbocycles. The lowest BCUT2D eigenvalue weighted by molar-refractivity contribution is -0.139. The van der Waals surface area contributed by atoms with E-state index in [1.165, 1.54) is 0 Å². The lowest BCUT2D eigenvalue weighted by Crippen LogP contribution is -2.45. The Morgan fingerprint density at radius 1 is 1.42 bits per heavy atom. The summed E-state index contributed by atoms with van der Waals surface area (Å²) in [6, 6.07) is 0. The molecule has 0 saturated heterocycles. The van der Waals surface area contributed by atoms with Crippen LogP contribution in [-0.4, -0.2) is 46.3 Å². The number of β-amino-alcohol motifs (C(OH)–C–C–N with tert-alkyl or cyclic N) is 1. The van der Waals surface area contributed by atoms with E-state index in [0.29, 0.717) is 6.54 Å². The molecule has 0 aromatic carbocycles. The standard InChI is InChI=1S/C8H17NO3/c1-8(2,3)9(4-5-10)6-7(11)12/h10H,4-6H2,1-3H3,(H,11,12). The molecule has 2 N–H and O–H groups in total. The molecular weight excluding hydrogens is 158 g/mol. The average molecular weight is 175 g/mol. The second-order valence-electron chi connectivity index (χ2n) is 3.71. The molecule has 0 heterocycles. The van der Waals surface area contributed by atoms with E-state index in [1.54, 1.807) is 4.90 Å². The summed E-state index contributed by atoms with van der Waals surface area (Å²) in [6.07, 6.45) is 0. The lowest BCUT2D eigenvalue weighted by Gasteiger charge is -2.33. The summed E-state index contributed by atoms with van der Waals surface area (Å²) in [6.45, 7) is 6.13. The largest absolute Gasteiger partial charge is 0.480 e. The first-order valence-electron chi connectivity index (χ1n) is 3.95. The fraction of sp³-hybridized carbons (Fsp3) is 0.875. The first-order chi connectivity index (χ1) is 5.38. The normalized spacial score (nSPS) is 12.1. The molecule has 0 radical (unpaired) electrons. The molecule has 0 rings (SSSR count). The first-order valence-corrected chi connectivity index (χ1v) is 3.95. The SMILES string of the molecule is CC(C)(C)N(CCO)CC(=O)O. The van der Waals surface area contributed by atoms with Gasteiger partial charge in [0.05, 0.1) is 13.2 Å². The quantitative estimate of drug-likeness (QED) is 0.639. The monoisotopic (exact) mass is 175 g/mol. The van der Waals surface area contributed by atoms with Crippen LogP contribution >= 0.6 is 0 Å². The Morgan fingerprint density at radius 3 is 2.17 bits per heavy atom. The molecule has 0 aliphatic rings. The summed E-state index contributed by atoms with van der Waals surface area (Å²) >= 11 is 0. The van der Waals surface area contributed by atoms with E-state index in [4.69, 9.17) is 10.2 Å². The second kappa shape index (κ2) is 4.42. The van der Waals surface area contributed by atoms with Crippen LogP contribution in [0, 0.1) is 0 Å². The molecule has 4 heteroatoms. The minimum absolute atomic E-state index is 0.00937. The number of nitrogens with zero attached hydrogens (tertiary/aromatic N) is 1. The van der Waals surface area contributed by atoms with Gasteiger partial charge in [-0.25, -0.2) is 0 Å². The van der Waals surface area contributed by atoms with Gasteiger partial charge in [-0.2, -0.15) is 0 Å². The number of carboxylic acids is 1. The van der Waals surface area contributed by atoms with Crippen LogP contribution in [0.1, 0.15) is 20.8 Å². The van der Waals surface area contributed by atoms with E-state index < -0.39 is 5.97 Å². The molecule has 0 fully saturated rings. The first kappa shape index (κ1) is 11.4. The van der Waals surface area contributed by atoms with Crippen LogP contribution in [0.3, 0.4) is 0 Å². The van der Waals surface area contributed by atoms with E-state index in [2.05, 4.69) is 0 Å². The number of aliphatic hydroxyl groups is 1. The minimum atomic E-state index is -0.863. The topological polar surface area (TPSA) is 60.8 Å². The predicted octanol–water partition coefficient (Wildman–Crippen LogP) is 0.164. The van der Waals surface area contributed by atoms with Gasteiger partial charge in [-0.1, -0.05) is 0 Å². The summed E-state index contributed by atoms with van der Waals surface area (Å²) in [5, 5.41) is 17.2. The number of aliphatic hydroxyl groups excluding tert-OH is 1. The zero-order valence-corrected chi connectivity index (χ0v) is 7.87. The van der Waals surface area contributed by atoms with Gasteiger partial charge in [0.15, 0.2) is 0 Å². The van der Waals surface area contributed by atoms with Crippen molar-refractivity contribution in [2.75, 3.05) is 19.7 Å². The Morgan fingerprint density at radius 2 is 1.92 bits per heavy atom. The number of hydrogen-bond donors (Lipinski definition) is 2. The highest BCUT2D eigenvalue weighted by Gasteiger charge is 2.22. The van der Waals surface area contributed by atoms with E-state index in [0.717, 1.165) is 0 Å². The van der Waals surface area contributed by atoms with Crippen molar-refractivity contribution in [3.63, 3.8) is 0 Å². The van der Waals surface area contributed by atoms with Gasteiger partial charge >= 0.3 is 5.97 Å². The maximum atomic E-state index is 10.4. The maximum absolute atomic E-state index is 10.4. The Bertz CT molecular complexity index is 151. The predicted molar refractivity (Wildman–Crippen MR) is 46.0 cm³/mol. The zero-order chi connectivity index (χ0) is 9.78.